The zero-order valence-corrected chi connectivity index (χ0v) is 14.0. The highest BCUT2D eigenvalue weighted by Crippen LogP contribution is 2.33. The first-order valence-electron chi connectivity index (χ1n) is 7.61. The molecule has 0 heterocycles. The Morgan fingerprint density at radius 3 is 2.04 bits per heavy atom. The molecule has 1 unspecified atom stereocenters. The van der Waals surface area contributed by atoms with E-state index < -0.39 is 6.04 Å². The SMILES string of the molecule is Cc1cc(Oc2c(C)cc(CC(N)C=O)cc2C)cc(C)c1O. The molecule has 4 nitrogen and oxygen atoms in total. The Morgan fingerprint density at radius 1 is 1.04 bits per heavy atom. The van der Waals surface area contributed by atoms with Crippen LogP contribution in [-0.4, -0.2) is 17.4 Å². The molecule has 122 valence electrons. The summed E-state index contributed by atoms with van der Waals surface area (Å²) in [7, 11) is 0. The summed E-state index contributed by atoms with van der Waals surface area (Å²) in [6, 6.07) is 7.13. The van der Waals surface area contributed by atoms with Crippen molar-refractivity contribution in [3.05, 3.63) is 52.1 Å². The number of benzene rings is 2. The number of carbonyl (C=O) groups is 1. The molecule has 0 aromatic heterocycles. The minimum absolute atomic E-state index is 0.295. The van der Waals surface area contributed by atoms with Gasteiger partial charge in [0.1, 0.15) is 23.5 Å². The van der Waals surface area contributed by atoms with Crippen LogP contribution in [0.5, 0.6) is 17.2 Å². The van der Waals surface area contributed by atoms with E-state index in [1.165, 1.54) is 0 Å². The topological polar surface area (TPSA) is 72.5 Å². The maximum absolute atomic E-state index is 10.7. The first-order valence-corrected chi connectivity index (χ1v) is 7.61. The van der Waals surface area contributed by atoms with Crippen LogP contribution in [0, 0.1) is 27.7 Å². The summed E-state index contributed by atoms with van der Waals surface area (Å²) in [5.41, 5.74) is 10.2. The lowest BCUT2D eigenvalue weighted by molar-refractivity contribution is -0.108. The Labute approximate surface area is 136 Å². The van der Waals surface area contributed by atoms with Crippen molar-refractivity contribution in [1.82, 2.24) is 0 Å². The number of phenols is 1. The lowest BCUT2D eigenvalue weighted by atomic mass is 10.0. The third-order valence-electron chi connectivity index (χ3n) is 3.85. The van der Waals surface area contributed by atoms with Gasteiger partial charge in [-0.25, -0.2) is 0 Å². The summed E-state index contributed by atoms with van der Waals surface area (Å²) >= 11 is 0. The van der Waals surface area contributed by atoms with E-state index in [1.54, 1.807) is 0 Å². The van der Waals surface area contributed by atoms with E-state index in [9.17, 15) is 9.90 Å². The second-order valence-corrected chi connectivity index (χ2v) is 6.07. The highest BCUT2D eigenvalue weighted by molar-refractivity contribution is 5.58. The van der Waals surface area contributed by atoms with Gasteiger partial charge in [0.2, 0.25) is 0 Å². The molecule has 1 atom stereocenters. The van der Waals surface area contributed by atoms with Crippen molar-refractivity contribution in [2.75, 3.05) is 0 Å². The van der Waals surface area contributed by atoms with Gasteiger partial charge in [-0.05, 0) is 74.1 Å². The Morgan fingerprint density at radius 2 is 1.57 bits per heavy atom. The normalized spacial score (nSPS) is 12.0. The van der Waals surface area contributed by atoms with Crippen LogP contribution in [0.2, 0.25) is 0 Å². The molecular formula is C19H23NO3. The summed E-state index contributed by atoms with van der Waals surface area (Å²) in [5.74, 6) is 1.78. The lowest BCUT2D eigenvalue weighted by Gasteiger charge is -2.16. The van der Waals surface area contributed by atoms with Gasteiger partial charge in [-0.15, -0.1) is 0 Å². The zero-order valence-electron chi connectivity index (χ0n) is 14.0. The van der Waals surface area contributed by atoms with Gasteiger partial charge >= 0.3 is 0 Å². The van der Waals surface area contributed by atoms with Crippen molar-refractivity contribution in [2.45, 2.75) is 40.2 Å². The fourth-order valence-electron chi connectivity index (χ4n) is 2.73. The number of nitrogens with two attached hydrogens (primary N) is 1. The molecule has 0 saturated carbocycles. The van der Waals surface area contributed by atoms with Gasteiger partial charge in [-0.2, -0.15) is 0 Å². The quantitative estimate of drug-likeness (QED) is 0.829. The molecule has 3 N–H and O–H groups in total. The van der Waals surface area contributed by atoms with Crippen LogP contribution >= 0.6 is 0 Å². The van der Waals surface area contributed by atoms with E-state index in [1.807, 2.05) is 52.0 Å². The van der Waals surface area contributed by atoms with Crippen molar-refractivity contribution < 1.29 is 14.6 Å². The van der Waals surface area contributed by atoms with Gasteiger partial charge in [0.05, 0.1) is 6.04 Å². The minimum atomic E-state index is -0.483. The number of aldehydes is 1. The van der Waals surface area contributed by atoms with Crippen LogP contribution in [0.25, 0.3) is 0 Å². The highest BCUT2D eigenvalue weighted by Gasteiger charge is 2.11. The van der Waals surface area contributed by atoms with Crippen LogP contribution in [0.1, 0.15) is 27.8 Å². The first kappa shape index (κ1) is 17.0. The maximum Gasteiger partial charge on any atom is 0.137 e. The van der Waals surface area contributed by atoms with Gasteiger partial charge in [0.15, 0.2) is 0 Å². The molecule has 0 saturated heterocycles. The zero-order chi connectivity index (χ0) is 17.1. The van der Waals surface area contributed by atoms with Crippen LogP contribution in [0.15, 0.2) is 24.3 Å². The molecule has 0 amide bonds. The Balaban J connectivity index is 2.32. The minimum Gasteiger partial charge on any atom is -0.507 e. The van der Waals surface area contributed by atoms with Gasteiger partial charge in [0, 0.05) is 0 Å². The summed E-state index contributed by atoms with van der Waals surface area (Å²) in [6.07, 6.45) is 1.28. The van der Waals surface area contributed by atoms with Gasteiger partial charge in [-0.3, -0.25) is 0 Å². The molecule has 2 aromatic rings. The lowest BCUT2D eigenvalue weighted by Crippen LogP contribution is -2.24. The van der Waals surface area contributed by atoms with E-state index >= 15 is 0 Å². The third-order valence-corrected chi connectivity index (χ3v) is 3.85. The van der Waals surface area contributed by atoms with Crippen LogP contribution < -0.4 is 10.5 Å². The highest BCUT2D eigenvalue weighted by atomic mass is 16.5. The summed E-state index contributed by atoms with van der Waals surface area (Å²) in [6.45, 7) is 7.63. The van der Waals surface area contributed by atoms with Crippen LogP contribution in [0.4, 0.5) is 0 Å². The molecule has 2 aromatic carbocycles. The number of rotatable bonds is 5. The average molecular weight is 313 g/mol. The van der Waals surface area contributed by atoms with Crippen molar-refractivity contribution in [3.63, 3.8) is 0 Å². The molecule has 0 bridgehead atoms. The fraction of sp³-hybridized carbons (Fsp3) is 0.316. The molecule has 4 heteroatoms. The molecular weight excluding hydrogens is 290 g/mol. The van der Waals surface area contributed by atoms with E-state index in [4.69, 9.17) is 10.5 Å². The molecule has 0 spiro atoms. The van der Waals surface area contributed by atoms with Crippen molar-refractivity contribution in [1.29, 1.82) is 0 Å². The maximum atomic E-state index is 10.7. The largest absolute Gasteiger partial charge is 0.507 e. The fourth-order valence-corrected chi connectivity index (χ4v) is 2.73. The predicted octanol–water partition coefficient (Wildman–Crippen LogP) is 3.49. The summed E-state index contributed by atoms with van der Waals surface area (Å²) in [4.78, 5) is 10.7. The van der Waals surface area contributed by atoms with Gasteiger partial charge in [-0.1, -0.05) is 12.1 Å². The van der Waals surface area contributed by atoms with Crippen LogP contribution in [-0.2, 0) is 11.2 Å². The standard InChI is InChI=1S/C19H23NO3/c1-11-7-17(8-12(2)18(11)22)23-19-13(3)5-15(6-14(19)4)9-16(20)10-21/h5-8,10,16,22H,9,20H2,1-4H3. The summed E-state index contributed by atoms with van der Waals surface area (Å²) in [5, 5.41) is 9.85. The number of hydrogen-bond donors (Lipinski definition) is 2. The smallest absolute Gasteiger partial charge is 0.137 e. The van der Waals surface area contributed by atoms with Crippen LogP contribution in [0.3, 0.4) is 0 Å². The second-order valence-electron chi connectivity index (χ2n) is 6.07. The molecule has 23 heavy (non-hydrogen) atoms. The van der Waals surface area contributed by atoms with Gasteiger partial charge < -0.3 is 20.4 Å². The Kier molecular flexibility index (Phi) is 5.06. The predicted molar refractivity (Wildman–Crippen MR) is 91.3 cm³/mol. The van der Waals surface area contributed by atoms with Crippen molar-refractivity contribution in [3.8, 4) is 17.2 Å². The van der Waals surface area contributed by atoms with E-state index in [2.05, 4.69) is 0 Å². The number of aryl methyl sites for hydroxylation is 4. The number of hydrogen-bond acceptors (Lipinski definition) is 4. The number of ether oxygens (including phenoxy) is 1. The first-order chi connectivity index (χ1) is 10.8. The Hall–Kier alpha value is -2.33. The second kappa shape index (κ2) is 6.84. The van der Waals surface area contributed by atoms with E-state index in [-0.39, 0.29) is 0 Å². The molecule has 0 radical (unpaired) electrons. The molecule has 0 fully saturated rings. The van der Waals surface area contributed by atoms with Crippen molar-refractivity contribution >= 4 is 6.29 Å². The molecule has 0 aliphatic heterocycles. The average Bonchev–Trinajstić information content (AvgIpc) is 2.48. The van der Waals surface area contributed by atoms with Gasteiger partial charge in [0.25, 0.3) is 0 Å². The number of aromatic hydroxyl groups is 1. The Bertz CT molecular complexity index is 691. The number of phenolic OH excluding ortho intramolecular Hbond substituents is 1. The van der Waals surface area contributed by atoms with E-state index in [0.29, 0.717) is 17.9 Å². The van der Waals surface area contributed by atoms with Crippen molar-refractivity contribution in [2.24, 2.45) is 5.73 Å². The molecule has 2 rings (SSSR count). The number of carbonyl (C=O) groups excluding carboxylic acids is 1. The molecule has 0 aliphatic rings. The molecule has 0 aliphatic carbocycles. The van der Waals surface area contributed by atoms with E-state index in [0.717, 1.165) is 39.9 Å². The monoisotopic (exact) mass is 313 g/mol. The third kappa shape index (κ3) is 3.90. The summed E-state index contributed by atoms with van der Waals surface area (Å²) < 4.78 is 6.03.